The minimum atomic E-state index is 0.130. The highest BCUT2D eigenvalue weighted by atomic mass is 16.5. The summed E-state index contributed by atoms with van der Waals surface area (Å²) in [6.07, 6.45) is 1.80. The summed E-state index contributed by atoms with van der Waals surface area (Å²) >= 11 is 0. The van der Waals surface area contributed by atoms with Crippen LogP contribution in [0.4, 0.5) is 0 Å². The molecule has 0 spiro atoms. The number of hydrogen-bond acceptors (Lipinski definition) is 2. The van der Waals surface area contributed by atoms with Crippen molar-refractivity contribution in [1.29, 1.82) is 5.41 Å². The quantitative estimate of drug-likeness (QED) is 0.636. The third kappa shape index (κ3) is 3.35. The Hall–Kier alpha value is -2.29. The van der Waals surface area contributed by atoms with Crippen molar-refractivity contribution in [2.45, 2.75) is 12.8 Å². The number of nitrogens with one attached hydrogen (secondary N) is 1. The lowest BCUT2D eigenvalue weighted by Gasteiger charge is -2.08. The molecule has 0 heterocycles. The molecule has 0 atom stereocenters. The van der Waals surface area contributed by atoms with E-state index in [1.54, 1.807) is 7.11 Å². The van der Waals surface area contributed by atoms with Gasteiger partial charge in [-0.2, -0.15) is 0 Å². The fourth-order valence-corrected chi connectivity index (χ4v) is 2.07. The molecule has 0 radical (unpaired) electrons. The summed E-state index contributed by atoms with van der Waals surface area (Å²) in [5.74, 6) is 0.998. The zero-order valence-electron chi connectivity index (χ0n) is 11.0. The molecule has 19 heavy (non-hydrogen) atoms. The topological polar surface area (TPSA) is 59.1 Å². The zero-order valence-corrected chi connectivity index (χ0v) is 11.0. The fourth-order valence-electron chi connectivity index (χ4n) is 2.07. The normalized spacial score (nSPS) is 10.2. The van der Waals surface area contributed by atoms with Crippen molar-refractivity contribution in [3.05, 3.63) is 65.2 Å². The Morgan fingerprint density at radius 2 is 1.74 bits per heavy atom. The summed E-state index contributed by atoms with van der Waals surface area (Å²) < 4.78 is 5.14. The van der Waals surface area contributed by atoms with Crippen LogP contribution < -0.4 is 10.5 Å². The van der Waals surface area contributed by atoms with Gasteiger partial charge in [-0.15, -0.1) is 0 Å². The average Bonchev–Trinajstić information content (AvgIpc) is 2.46. The average molecular weight is 254 g/mol. The second-order valence-corrected chi connectivity index (χ2v) is 4.42. The van der Waals surface area contributed by atoms with E-state index >= 15 is 0 Å². The van der Waals surface area contributed by atoms with Gasteiger partial charge in [-0.25, -0.2) is 0 Å². The van der Waals surface area contributed by atoms with Crippen LogP contribution in [0.2, 0.25) is 0 Å². The number of methoxy groups -OCH3 is 1. The van der Waals surface area contributed by atoms with E-state index < -0.39 is 0 Å². The van der Waals surface area contributed by atoms with E-state index in [0.29, 0.717) is 0 Å². The lowest BCUT2D eigenvalue weighted by Crippen LogP contribution is -2.14. The van der Waals surface area contributed by atoms with Gasteiger partial charge < -0.3 is 10.5 Å². The molecule has 3 heteroatoms. The van der Waals surface area contributed by atoms with Gasteiger partial charge in [0.05, 0.1) is 7.11 Å². The van der Waals surface area contributed by atoms with Crippen LogP contribution in [0.1, 0.15) is 16.7 Å². The molecule has 2 aromatic carbocycles. The summed E-state index contributed by atoms with van der Waals surface area (Å²) in [4.78, 5) is 0. The number of nitrogen functional groups attached to an aromatic ring is 1. The number of hydrogen-bond donors (Lipinski definition) is 2. The first-order chi connectivity index (χ1) is 9.20. The lowest BCUT2D eigenvalue weighted by atomic mass is 9.99. The highest BCUT2D eigenvalue weighted by Crippen LogP contribution is 2.15. The minimum absolute atomic E-state index is 0.130. The van der Waals surface area contributed by atoms with Gasteiger partial charge in [0.25, 0.3) is 0 Å². The maximum atomic E-state index is 7.57. The number of rotatable bonds is 5. The van der Waals surface area contributed by atoms with Crippen LogP contribution in [0.25, 0.3) is 0 Å². The second kappa shape index (κ2) is 6.05. The third-order valence-electron chi connectivity index (χ3n) is 3.15. The Kier molecular flexibility index (Phi) is 4.18. The molecule has 0 aliphatic heterocycles. The Labute approximate surface area is 113 Å². The van der Waals surface area contributed by atoms with Gasteiger partial charge in [-0.1, -0.05) is 36.4 Å². The molecule has 0 unspecified atom stereocenters. The van der Waals surface area contributed by atoms with Gasteiger partial charge in [-0.3, -0.25) is 5.41 Å². The Balaban J connectivity index is 2.07. The third-order valence-corrected chi connectivity index (χ3v) is 3.15. The molecule has 0 aliphatic rings. The number of benzene rings is 2. The summed E-state index contributed by atoms with van der Waals surface area (Å²) in [5.41, 5.74) is 8.78. The highest BCUT2D eigenvalue weighted by molar-refractivity contribution is 5.96. The first-order valence-electron chi connectivity index (χ1n) is 6.26. The largest absolute Gasteiger partial charge is 0.497 e. The highest BCUT2D eigenvalue weighted by Gasteiger charge is 2.04. The van der Waals surface area contributed by atoms with Gasteiger partial charge in [0.1, 0.15) is 11.6 Å². The van der Waals surface area contributed by atoms with E-state index in [4.69, 9.17) is 15.9 Å². The van der Waals surface area contributed by atoms with Crippen LogP contribution in [-0.2, 0) is 12.8 Å². The van der Waals surface area contributed by atoms with Gasteiger partial charge in [0.2, 0.25) is 0 Å². The van der Waals surface area contributed by atoms with Crippen molar-refractivity contribution in [2.75, 3.05) is 7.11 Å². The molecule has 0 amide bonds. The molecule has 0 aromatic heterocycles. The first kappa shape index (κ1) is 13.1. The predicted octanol–water partition coefficient (Wildman–Crippen LogP) is 2.76. The molecule has 0 saturated heterocycles. The van der Waals surface area contributed by atoms with Gasteiger partial charge in [-0.05, 0) is 36.1 Å². The smallest absolute Gasteiger partial charge is 0.123 e. The number of amidine groups is 1. The molecule has 3 N–H and O–H groups in total. The van der Waals surface area contributed by atoms with Crippen LogP contribution in [-0.4, -0.2) is 12.9 Å². The summed E-state index contributed by atoms with van der Waals surface area (Å²) in [5, 5.41) is 7.57. The monoisotopic (exact) mass is 254 g/mol. The fraction of sp³-hybridized carbons (Fsp3) is 0.188. The molecule has 2 aromatic rings. The van der Waals surface area contributed by atoms with Crippen molar-refractivity contribution in [1.82, 2.24) is 0 Å². The standard InChI is InChI=1S/C16H18N2O/c1-19-14-10-7-12(8-11-14)6-9-13-4-2-3-5-15(13)16(17)18/h2-5,7-8,10-11H,6,9H2,1H3,(H3,17,18). The maximum absolute atomic E-state index is 7.57. The molecular formula is C16H18N2O. The molecule has 0 bridgehead atoms. The predicted molar refractivity (Wildman–Crippen MR) is 77.9 cm³/mol. The number of ether oxygens (including phenoxy) is 1. The molecule has 98 valence electrons. The maximum Gasteiger partial charge on any atom is 0.123 e. The molecule has 0 fully saturated rings. The van der Waals surface area contributed by atoms with E-state index in [2.05, 4.69) is 12.1 Å². The Morgan fingerprint density at radius 3 is 2.37 bits per heavy atom. The molecule has 3 nitrogen and oxygen atoms in total. The lowest BCUT2D eigenvalue weighted by molar-refractivity contribution is 0.414. The summed E-state index contributed by atoms with van der Waals surface area (Å²) in [6.45, 7) is 0. The first-order valence-corrected chi connectivity index (χ1v) is 6.26. The van der Waals surface area contributed by atoms with Crippen molar-refractivity contribution >= 4 is 5.84 Å². The van der Waals surface area contributed by atoms with Crippen molar-refractivity contribution in [2.24, 2.45) is 5.73 Å². The van der Waals surface area contributed by atoms with Crippen molar-refractivity contribution in [3.8, 4) is 5.75 Å². The van der Waals surface area contributed by atoms with E-state index in [0.717, 1.165) is 29.7 Å². The van der Waals surface area contributed by atoms with E-state index in [1.807, 2.05) is 36.4 Å². The summed E-state index contributed by atoms with van der Waals surface area (Å²) in [7, 11) is 1.66. The van der Waals surface area contributed by atoms with Crippen molar-refractivity contribution < 1.29 is 4.74 Å². The molecule has 0 aliphatic carbocycles. The van der Waals surface area contributed by atoms with Crippen LogP contribution in [0.15, 0.2) is 48.5 Å². The number of aryl methyl sites for hydroxylation is 2. The van der Waals surface area contributed by atoms with Gasteiger partial charge >= 0.3 is 0 Å². The second-order valence-electron chi connectivity index (χ2n) is 4.42. The molecule has 2 rings (SSSR count). The van der Waals surface area contributed by atoms with E-state index in [-0.39, 0.29) is 5.84 Å². The molecular weight excluding hydrogens is 236 g/mol. The van der Waals surface area contributed by atoms with Crippen LogP contribution in [0.3, 0.4) is 0 Å². The van der Waals surface area contributed by atoms with E-state index in [1.165, 1.54) is 5.56 Å². The summed E-state index contributed by atoms with van der Waals surface area (Å²) in [6, 6.07) is 15.9. The SMILES string of the molecule is COc1ccc(CCc2ccccc2C(=N)N)cc1. The van der Waals surface area contributed by atoms with Crippen LogP contribution in [0, 0.1) is 5.41 Å². The Bertz CT molecular complexity index is 561. The van der Waals surface area contributed by atoms with Gasteiger partial charge in [0, 0.05) is 5.56 Å². The minimum Gasteiger partial charge on any atom is -0.497 e. The zero-order chi connectivity index (χ0) is 13.7. The van der Waals surface area contributed by atoms with Gasteiger partial charge in [0.15, 0.2) is 0 Å². The van der Waals surface area contributed by atoms with E-state index in [9.17, 15) is 0 Å². The van der Waals surface area contributed by atoms with Crippen LogP contribution in [0.5, 0.6) is 5.75 Å². The Morgan fingerprint density at radius 1 is 1.05 bits per heavy atom. The van der Waals surface area contributed by atoms with Crippen LogP contribution >= 0.6 is 0 Å². The number of nitrogens with two attached hydrogens (primary N) is 1. The van der Waals surface area contributed by atoms with Crippen molar-refractivity contribution in [3.63, 3.8) is 0 Å². The molecule has 0 saturated carbocycles.